The van der Waals surface area contributed by atoms with Gasteiger partial charge in [-0.2, -0.15) is 0 Å². The van der Waals surface area contributed by atoms with E-state index in [1.165, 1.54) is 19.2 Å². The molecule has 2 rings (SSSR count). The van der Waals surface area contributed by atoms with Crippen LogP contribution in [0.25, 0.3) is 0 Å². The molecule has 0 saturated heterocycles. The number of halogens is 1. The molecule has 1 unspecified atom stereocenters. The molecule has 5 heteroatoms. The van der Waals surface area contributed by atoms with Crippen LogP contribution in [0.2, 0.25) is 0 Å². The minimum Gasteiger partial charge on any atom is -0.497 e. The van der Waals surface area contributed by atoms with Gasteiger partial charge < -0.3 is 14.4 Å². The van der Waals surface area contributed by atoms with E-state index in [-0.39, 0.29) is 24.1 Å². The molecule has 1 amide bonds. The van der Waals surface area contributed by atoms with Crippen LogP contribution in [-0.2, 0) is 11.2 Å². The second-order valence-corrected chi connectivity index (χ2v) is 5.60. The lowest BCUT2D eigenvalue weighted by Gasteiger charge is -2.25. The number of benzene rings is 2. The lowest BCUT2D eigenvalue weighted by molar-refractivity contribution is -0.131. The average molecular weight is 331 g/mol. The van der Waals surface area contributed by atoms with E-state index in [2.05, 4.69) is 0 Å². The van der Waals surface area contributed by atoms with Crippen LogP contribution < -0.4 is 9.47 Å². The third kappa shape index (κ3) is 4.04. The summed E-state index contributed by atoms with van der Waals surface area (Å²) in [4.78, 5) is 14.1. The topological polar surface area (TPSA) is 38.8 Å². The molecule has 0 heterocycles. The van der Waals surface area contributed by atoms with Gasteiger partial charge >= 0.3 is 0 Å². The Balaban J connectivity index is 2.06. The molecule has 24 heavy (non-hydrogen) atoms. The number of nitrogens with zero attached hydrogens (tertiary/aromatic N) is 1. The van der Waals surface area contributed by atoms with E-state index in [1.54, 1.807) is 25.1 Å². The van der Waals surface area contributed by atoms with Crippen molar-refractivity contribution in [2.45, 2.75) is 19.4 Å². The molecule has 0 bridgehead atoms. The molecular formula is C19H22FNO3. The Kier molecular flexibility index (Phi) is 5.79. The number of carbonyl (C=O) groups excluding carboxylic acids is 1. The quantitative estimate of drug-likeness (QED) is 0.812. The number of likely N-dealkylation sites (N-methyl/N-ethyl adjacent to an activating group) is 1. The smallest absolute Gasteiger partial charge is 0.227 e. The standard InChI is InChI=1S/C19H22FNO3/c1-13(15-6-8-16(23-3)9-7-15)21(2)19(22)12-14-5-10-18(24-4)17(20)11-14/h5-11,13H,12H2,1-4H3. The SMILES string of the molecule is COc1ccc(C(C)N(C)C(=O)Cc2ccc(OC)c(F)c2)cc1. The summed E-state index contributed by atoms with van der Waals surface area (Å²) in [6.45, 7) is 1.95. The largest absolute Gasteiger partial charge is 0.497 e. The van der Waals surface area contributed by atoms with Crippen molar-refractivity contribution < 1.29 is 18.7 Å². The van der Waals surface area contributed by atoms with Crippen molar-refractivity contribution in [3.63, 3.8) is 0 Å². The van der Waals surface area contributed by atoms with E-state index in [0.29, 0.717) is 5.56 Å². The average Bonchev–Trinajstić information content (AvgIpc) is 2.60. The number of hydrogen-bond donors (Lipinski definition) is 0. The van der Waals surface area contributed by atoms with Crippen molar-refractivity contribution in [2.24, 2.45) is 0 Å². The number of rotatable bonds is 6. The van der Waals surface area contributed by atoms with E-state index in [9.17, 15) is 9.18 Å². The normalized spacial score (nSPS) is 11.7. The lowest BCUT2D eigenvalue weighted by atomic mass is 10.1. The fourth-order valence-corrected chi connectivity index (χ4v) is 2.44. The van der Waals surface area contributed by atoms with Crippen molar-refractivity contribution in [3.05, 3.63) is 59.4 Å². The number of methoxy groups -OCH3 is 2. The molecule has 0 aliphatic rings. The van der Waals surface area contributed by atoms with Crippen LogP contribution in [0.5, 0.6) is 11.5 Å². The summed E-state index contributed by atoms with van der Waals surface area (Å²) < 4.78 is 23.8. The van der Waals surface area contributed by atoms with E-state index in [1.807, 2.05) is 31.2 Å². The number of hydrogen-bond acceptors (Lipinski definition) is 3. The highest BCUT2D eigenvalue weighted by Gasteiger charge is 2.18. The van der Waals surface area contributed by atoms with Crippen LogP contribution in [-0.4, -0.2) is 32.1 Å². The Bertz CT molecular complexity index is 700. The van der Waals surface area contributed by atoms with Gasteiger partial charge in [0, 0.05) is 7.05 Å². The molecule has 0 radical (unpaired) electrons. The first-order valence-electron chi connectivity index (χ1n) is 7.68. The highest BCUT2D eigenvalue weighted by atomic mass is 19.1. The number of amides is 1. The predicted molar refractivity (Wildman–Crippen MR) is 90.8 cm³/mol. The monoisotopic (exact) mass is 331 g/mol. The van der Waals surface area contributed by atoms with E-state index >= 15 is 0 Å². The van der Waals surface area contributed by atoms with E-state index in [4.69, 9.17) is 9.47 Å². The van der Waals surface area contributed by atoms with Crippen LogP contribution in [0.1, 0.15) is 24.1 Å². The molecule has 1 atom stereocenters. The zero-order valence-electron chi connectivity index (χ0n) is 14.4. The summed E-state index contributed by atoms with van der Waals surface area (Å²) in [7, 11) is 4.77. The molecule has 0 spiro atoms. The lowest BCUT2D eigenvalue weighted by Crippen LogP contribution is -2.31. The molecule has 0 fully saturated rings. The van der Waals surface area contributed by atoms with Gasteiger partial charge in [-0.25, -0.2) is 4.39 Å². The summed E-state index contributed by atoms with van der Waals surface area (Å²) >= 11 is 0. The highest BCUT2D eigenvalue weighted by molar-refractivity contribution is 5.79. The number of carbonyl (C=O) groups is 1. The Morgan fingerprint density at radius 3 is 2.33 bits per heavy atom. The maximum atomic E-state index is 13.7. The molecule has 0 aliphatic carbocycles. The number of ether oxygens (including phenoxy) is 2. The van der Waals surface area contributed by atoms with Crippen molar-refractivity contribution in [1.82, 2.24) is 4.90 Å². The Morgan fingerprint density at radius 2 is 1.79 bits per heavy atom. The second kappa shape index (κ2) is 7.81. The summed E-state index contributed by atoms with van der Waals surface area (Å²) in [6, 6.07) is 12.1. The summed E-state index contributed by atoms with van der Waals surface area (Å²) in [6.07, 6.45) is 0.137. The highest BCUT2D eigenvalue weighted by Crippen LogP contribution is 2.23. The fraction of sp³-hybridized carbons (Fsp3) is 0.316. The predicted octanol–water partition coefficient (Wildman–Crippen LogP) is 3.61. The molecule has 128 valence electrons. The maximum Gasteiger partial charge on any atom is 0.227 e. The van der Waals surface area contributed by atoms with Crippen LogP contribution in [0.3, 0.4) is 0 Å². The zero-order valence-corrected chi connectivity index (χ0v) is 14.4. The van der Waals surface area contributed by atoms with Gasteiger partial charge in [0.2, 0.25) is 5.91 Å². The molecule has 4 nitrogen and oxygen atoms in total. The molecule has 0 aliphatic heterocycles. The van der Waals surface area contributed by atoms with Crippen LogP contribution in [0.4, 0.5) is 4.39 Å². The molecule has 2 aromatic carbocycles. The molecule has 0 N–H and O–H groups in total. The summed E-state index contributed by atoms with van der Waals surface area (Å²) in [5.74, 6) is 0.399. The van der Waals surface area contributed by atoms with Crippen molar-refractivity contribution in [1.29, 1.82) is 0 Å². The minimum absolute atomic E-state index is 0.0807. The van der Waals surface area contributed by atoms with Crippen molar-refractivity contribution in [2.75, 3.05) is 21.3 Å². The van der Waals surface area contributed by atoms with Gasteiger partial charge in [-0.15, -0.1) is 0 Å². The van der Waals surface area contributed by atoms with Crippen molar-refractivity contribution in [3.8, 4) is 11.5 Å². The Labute approximate surface area is 141 Å². The van der Waals surface area contributed by atoms with Gasteiger partial charge in [0.25, 0.3) is 0 Å². The first-order valence-corrected chi connectivity index (χ1v) is 7.68. The molecule has 0 saturated carbocycles. The third-order valence-electron chi connectivity index (χ3n) is 4.14. The van der Waals surface area contributed by atoms with Gasteiger partial charge in [0.1, 0.15) is 5.75 Å². The maximum absolute atomic E-state index is 13.7. The first kappa shape index (κ1) is 17.8. The van der Waals surface area contributed by atoms with Crippen molar-refractivity contribution >= 4 is 5.91 Å². The van der Waals surface area contributed by atoms with Gasteiger partial charge in [-0.1, -0.05) is 18.2 Å². The van der Waals surface area contributed by atoms with Gasteiger partial charge in [-0.3, -0.25) is 4.79 Å². The van der Waals surface area contributed by atoms with E-state index < -0.39 is 5.82 Å². The van der Waals surface area contributed by atoms with Gasteiger partial charge in [0.15, 0.2) is 11.6 Å². The summed E-state index contributed by atoms with van der Waals surface area (Å²) in [5.41, 5.74) is 1.62. The van der Waals surface area contributed by atoms with Crippen LogP contribution in [0, 0.1) is 5.82 Å². The first-order chi connectivity index (χ1) is 11.5. The zero-order chi connectivity index (χ0) is 17.7. The molecule has 2 aromatic rings. The molecular weight excluding hydrogens is 309 g/mol. The van der Waals surface area contributed by atoms with Gasteiger partial charge in [-0.05, 0) is 42.3 Å². The minimum atomic E-state index is -0.464. The van der Waals surface area contributed by atoms with Gasteiger partial charge in [0.05, 0.1) is 26.7 Å². The van der Waals surface area contributed by atoms with E-state index in [0.717, 1.165) is 11.3 Å². The molecule has 0 aromatic heterocycles. The second-order valence-electron chi connectivity index (χ2n) is 5.60. The Morgan fingerprint density at radius 1 is 1.12 bits per heavy atom. The van der Waals surface area contributed by atoms with Crippen LogP contribution in [0.15, 0.2) is 42.5 Å². The third-order valence-corrected chi connectivity index (χ3v) is 4.14. The summed E-state index contributed by atoms with van der Waals surface area (Å²) in [5, 5.41) is 0. The fourth-order valence-electron chi connectivity index (χ4n) is 2.44. The Hall–Kier alpha value is -2.56. The van der Waals surface area contributed by atoms with Crippen LogP contribution >= 0.6 is 0 Å².